The summed E-state index contributed by atoms with van der Waals surface area (Å²) in [4.78, 5) is 0.185. The third-order valence-corrected chi connectivity index (χ3v) is 5.10. The lowest BCUT2D eigenvalue weighted by Crippen LogP contribution is -2.10. The summed E-state index contributed by atoms with van der Waals surface area (Å²) in [6, 6.07) is 11.9. The van der Waals surface area contributed by atoms with E-state index in [4.69, 9.17) is 0 Å². The maximum absolute atomic E-state index is 12.4. The predicted octanol–water partition coefficient (Wildman–Crippen LogP) is 2.63. The first kappa shape index (κ1) is 13.4. The molecule has 2 rings (SSSR count). The lowest BCUT2D eigenvalue weighted by Gasteiger charge is -2.15. The zero-order valence-corrected chi connectivity index (χ0v) is 11.1. The Balaban J connectivity index is 2.50. The smallest absolute Gasteiger partial charge is 0.185 e. The van der Waals surface area contributed by atoms with Crippen LogP contribution in [0.1, 0.15) is 17.7 Å². The SMILES string of the molecule is CC(c1cc(O)ccc1O)S(=O)(=O)c1ccccc1. The molecule has 1 unspecified atom stereocenters. The molecule has 0 aliphatic carbocycles. The molecule has 4 nitrogen and oxygen atoms in total. The third kappa shape index (κ3) is 2.56. The summed E-state index contributed by atoms with van der Waals surface area (Å²) in [6.07, 6.45) is 0. The van der Waals surface area contributed by atoms with Gasteiger partial charge in [-0.2, -0.15) is 0 Å². The molecule has 0 saturated carbocycles. The maximum atomic E-state index is 12.4. The van der Waals surface area contributed by atoms with Crippen LogP contribution in [0.15, 0.2) is 53.4 Å². The van der Waals surface area contributed by atoms with Gasteiger partial charge in [0.15, 0.2) is 9.84 Å². The number of phenolic OH excluding ortho intramolecular Hbond substituents is 2. The lowest BCUT2D eigenvalue weighted by molar-refractivity contribution is 0.453. The summed E-state index contributed by atoms with van der Waals surface area (Å²) in [6.45, 7) is 1.48. The largest absolute Gasteiger partial charge is 0.508 e. The Bertz CT molecular complexity index is 678. The molecule has 0 aliphatic heterocycles. The Labute approximate surface area is 111 Å². The van der Waals surface area contributed by atoms with Crippen molar-refractivity contribution >= 4 is 9.84 Å². The van der Waals surface area contributed by atoms with E-state index in [1.807, 2.05) is 0 Å². The fraction of sp³-hybridized carbons (Fsp3) is 0.143. The second-order valence-electron chi connectivity index (χ2n) is 4.24. The highest BCUT2D eigenvalue weighted by atomic mass is 32.2. The van der Waals surface area contributed by atoms with Crippen LogP contribution in [-0.2, 0) is 9.84 Å². The van der Waals surface area contributed by atoms with Gasteiger partial charge in [-0.3, -0.25) is 0 Å². The van der Waals surface area contributed by atoms with E-state index in [2.05, 4.69) is 0 Å². The summed E-state index contributed by atoms with van der Waals surface area (Å²) in [7, 11) is -3.60. The summed E-state index contributed by atoms with van der Waals surface area (Å²) < 4.78 is 24.8. The van der Waals surface area contributed by atoms with Gasteiger partial charge in [0.25, 0.3) is 0 Å². The highest BCUT2D eigenvalue weighted by molar-refractivity contribution is 7.91. The highest BCUT2D eigenvalue weighted by Crippen LogP contribution is 2.35. The van der Waals surface area contributed by atoms with Crippen LogP contribution in [-0.4, -0.2) is 18.6 Å². The van der Waals surface area contributed by atoms with E-state index in [1.54, 1.807) is 18.2 Å². The molecule has 100 valence electrons. The van der Waals surface area contributed by atoms with Gasteiger partial charge in [0.1, 0.15) is 11.5 Å². The van der Waals surface area contributed by atoms with Crippen molar-refractivity contribution in [2.75, 3.05) is 0 Å². The first-order valence-electron chi connectivity index (χ1n) is 5.74. The first-order chi connectivity index (χ1) is 8.93. The van der Waals surface area contributed by atoms with Crippen LogP contribution in [0.4, 0.5) is 0 Å². The van der Waals surface area contributed by atoms with Crippen molar-refractivity contribution in [3.63, 3.8) is 0 Å². The van der Waals surface area contributed by atoms with Crippen LogP contribution in [0.5, 0.6) is 11.5 Å². The maximum Gasteiger partial charge on any atom is 0.185 e. The second-order valence-corrected chi connectivity index (χ2v) is 6.51. The van der Waals surface area contributed by atoms with Gasteiger partial charge in [0.05, 0.1) is 10.1 Å². The van der Waals surface area contributed by atoms with Crippen molar-refractivity contribution in [1.82, 2.24) is 0 Å². The molecule has 19 heavy (non-hydrogen) atoms. The molecule has 0 amide bonds. The molecule has 0 spiro atoms. The Hall–Kier alpha value is -2.01. The number of sulfone groups is 1. The zero-order valence-electron chi connectivity index (χ0n) is 10.3. The minimum Gasteiger partial charge on any atom is -0.508 e. The van der Waals surface area contributed by atoms with E-state index in [0.29, 0.717) is 0 Å². The number of hydrogen-bond acceptors (Lipinski definition) is 4. The molecular formula is C14H14O4S. The molecule has 0 heterocycles. The first-order valence-corrected chi connectivity index (χ1v) is 7.28. The van der Waals surface area contributed by atoms with Crippen molar-refractivity contribution in [3.05, 3.63) is 54.1 Å². The standard InChI is InChI=1S/C14H14O4S/c1-10(13-9-11(15)7-8-14(13)16)19(17,18)12-5-3-2-4-6-12/h2-10,15-16H,1H3. The molecule has 0 fully saturated rings. The van der Waals surface area contributed by atoms with Crippen LogP contribution in [0.25, 0.3) is 0 Å². The molecule has 2 aromatic rings. The molecule has 0 saturated heterocycles. The summed E-state index contributed by atoms with van der Waals surface area (Å²) >= 11 is 0. The minimum absolute atomic E-state index is 0.0806. The van der Waals surface area contributed by atoms with Crippen LogP contribution in [0.3, 0.4) is 0 Å². The van der Waals surface area contributed by atoms with Crippen molar-refractivity contribution in [2.45, 2.75) is 17.1 Å². The van der Waals surface area contributed by atoms with Gasteiger partial charge in [0, 0.05) is 5.56 Å². The normalized spacial score (nSPS) is 13.1. The van der Waals surface area contributed by atoms with Crippen LogP contribution in [0.2, 0.25) is 0 Å². The minimum atomic E-state index is -3.60. The Morgan fingerprint density at radius 1 is 1.00 bits per heavy atom. The van der Waals surface area contributed by atoms with E-state index in [-0.39, 0.29) is 22.0 Å². The average Bonchev–Trinajstić information content (AvgIpc) is 2.41. The van der Waals surface area contributed by atoms with Crippen LogP contribution < -0.4 is 0 Å². The third-order valence-electron chi connectivity index (χ3n) is 2.99. The van der Waals surface area contributed by atoms with Crippen molar-refractivity contribution < 1.29 is 18.6 Å². The number of hydrogen-bond donors (Lipinski definition) is 2. The fourth-order valence-corrected chi connectivity index (χ4v) is 3.32. The molecule has 0 radical (unpaired) electrons. The van der Waals surface area contributed by atoms with Gasteiger partial charge >= 0.3 is 0 Å². The van der Waals surface area contributed by atoms with E-state index < -0.39 is 15.1 Å². The van der Waals surface area contributed by atoms with E-state index >= 15 is 0 Å². The highest BCUT2D eigenvalue weighted by Gasteiger charge is 2.27. The summed E-state index contributed by atoms with van der Waals surface area (Å²) in [5.41, 5.74) is 0.184. The Kier molecular flexibility index (Phi) is 3.48. The van der Waals surface area contributed by atoms with Gasteiger partial charge in [-0.1, -0.05) is 18.2 Å². The van der Waals surface area contributed by atoms with Crippen LogP contribution in [0, 0.1) is 0 Å². The van der Waals surface area contributed by atoms with Crippen molar-refractivity contribution in [2.24, 2.45) is 0 Å². The quantitative estimate of drug-likeness (QED) is 0.846. The van der Waals surface area contributed by atoms with E-state index in [9.17, 15) is 18.6 Å². The van der Waals surface area contributed by atoms with E-state index in [1.165, 1.54) is 37.3 Å². The van der Waals surface area contributed by atoms with Crippen molar-refractivity contribution in [3.8, 4) is 11.5 Å². The lowest BCUT2D eigenvalue weighted by atomic mass is 10.1. The molecule has 1 atom stereocenters. The van der Waals surface area contributed by atoms with Gasteiger partial charge < -0.3 is 10.2 Å². The molecule has 2 N–H and O–H groups in total. The van der Waals surface area contributed by atoms with Gasteiger partial charge in [-0.15, -0.1) is 0 Å². The molecule has 2 aromatic carbocycles. The molecule has 0 aliphatic rings. The second kappa shape index (κ2) is 4.93. The number of benzene rings is 2. The van der Waals surface area contributed by atoms with Crippen molar-refractivity contribution in [1.29, 1.82) is 0 Å². The molecule has 5 heteroatoms. The average molecular weight is 278 g/mol. The number of phenols is 2. The number of aromatic hydroxyl groups is 2. The molecule has 0 aromatic heterocycles. The van der Waals surface area contributed by atoms with Crippen LogP contribution >= 0.6 is 0 Å². The Morgan fingerprint density at radius 3 is 2.26 bits per heavy atom. The zero-order chi connectivity index (χ0) is 14.0. The van der Waals surface area contributed by atoms with Gasteiger partial charge in [-0.25, -0.2) is 8.42 Å². The van der Waals surface area contributed by atoms with Gasteiger partial charge in [-0.05, 0) is 37.3 Å². The Morgan fingerprint density at radius 2 is 1.63 bits per heavy atom. The summed E-state index contributed by atoms with van der Waals surface area (Å²) in [5.74, 6) is -0.229. The van der Waals surface area contributed by atoms with Gasteiger partial charge in [0.2, 0.25) is 0 Å². The molecular weight excluding hydrogens is 264 g/mol. The molecule has 0 bridgehead atoms. The predicted molar refractivity (Wildman–Crippen MR) is 71.8 cm³/mol. The monoisotopic (exact) mass is 278 g/mol. The van der Waals surface area contributed by atoms with E-state index in [0.717, 1.165) is 0 Å². The fourth-order valence-electron chi connectivity index (χ4n) is 1.85. The topological polar surface area (TPSA) is 74.6 Å². The summed E-state index contributed by atoms with van der Waals surface area (Å²) in [5, 5.41) is 18.2. The number of rotatable bonds is 3.